The largest absolute Gasteiger partial charge is 0.398 e. The molecule has 0 aliphatic carbocycles. The lowest BCUT2D eigenvalue weighted by Crippen LogP contribution is -2.14. The number of hydrogen-bond acceptors (Lipinski definition) is 4. The van der Waals surface area contributed by atoms with Crippen LogP contribution in [0.5, 0.6) is 0 Å². The fourth-order valence-electron chi connectivity index (χ4n) is 1.67. The van der Waals surface area contributed by atoms with Gasteiger partial charge in [0.25, 0.3) is 10.0 Å². The summed E-state index contributed by atoms with van der Waals surface area (Å²) in [7, 11) is -3.67. The van der Waals surface area contributed by atoms with E-state index in [0.717, 1.165) is 16.8 Å². The highest BCUT2D eigenvalue weighted by Gasteiger charge is 2.17. The number of sulfonamides is 1. The normalized spacial score (nSPS) is 11.5. The molecule has 0 amide bonds. The lowest BCUT2D eigenvalue weighted by atomic mass is 10.1. The second kappa shape index (κ2) is 4.58. The van der Waals surface area contributed by atoms with Crippen molar-refractivity contribution in [2.75, 3.05) is 10.5 Å². The third-order valence-electron chi connectivity index (χ3n) is 2.94. The van der Waals surface area contributed by atoms with E-state index >= 15 is 0 Å². The minimum atomic E-state index is -3.67. The number of rotatable bonds is 3. The molecular formula is C12H16N4O2S. The first-order valence-electron chi connectivity index (χ1n) is 5.71. The molecule has 0 aliphatic rings. The Kier molecular flexibility index (Phi) is 3.23. The molecule has 2 aromatic rings. The minimum absolute atomic E-state index is 0.133. The SMILES string of the molecule is Cc1cc(NS(=O)(=O)c2cc(C)c(C)c(N)c2)n[nH]1. The number of nitrogen functional groups attached to an aromatic ring is 1. The van der Waals surface area contributed by atoms with Crippen LogP contribution in [0.1, 0.15) is 16.8 Å². The Morgan fingerprint density at radius 3 is 2.42 bits per heavy atom. The number of H-pyrrole nitrogens is 1. The van der Waals surface area contributed by atoms with Gasteiger partial charge in [-0.05, 0) is 44.0 Å². The first-order valence-corrected chi connectivity index (χ1v) is 7.19. The van der Waals surface area contributed by atoms with Crippen LogP contribution in [-0.2, 0) is 10.0 Å². The fourth-order valence-corrected chi connectivity index (χ4v) is 2.79. The van der Waals surface area contributed by atoms with Crippen molar-refractivity contribution >= 4 is 21.5 Å². The van der Waals surface area contributed by atoms with E-state index in [1.807, 2.05) is 13.8 Å². The van der Waals surface area contributed by atoms with Crippen LogP contribution in [0.3, 0.4) is 0 Å². The van der Waals surface area contributed by atoms with Crippen molar-refractivity contribution in [3.63, 3.8) is 0 Å². The minimum Gasteiger partial charge on any atom is -0.398 e. The molecule has 0 fully saturated rings. The van der Waals surface area contributed by atoms with E-state index in [0.29, 0.717) is 5.69 Å². The summed E-state index contributed by atoms with van der Waals surface area (Å²) in [6.07, 6.45) is 0. The van der Waals surface area contributed by atoms with Gasteiger partial charge in [0.2, 0.25) is 0 Å². The van der Waals surface area contributed by atoms with Crippen LogP contribution >= 0.6 is 0 Å². The van der Waals surface area contributed by atoms with Crippen LogP contribution in [-0.4, -0.2) is 18.6 Å². The average molecular weight is 280 g/mol. The summed E-state index contributed by atoms with van der Waals surface area (Å²) in [6.45, 7) is 5.47. The van der Waals surface area contributed by atoms with Gasteiger partial charge >= 0.3 is 0 Å². The van der Waals surface area contributed by atoms with E-state index in [-0.39, 0.29) is 10.7 Å². The topological polar surface area (TPSA) is 101 Å². The number of nitrogens with zero attached hydrogens (tertiary/aromatic N) is 1. The second-order valence-electron chi connectivity index (χ2n) is 4.50. The van der Waals surface area contributed by atoms with Gasteiger partial charge in [0.1, 0.15) is 0 Å². The molecule has 1 aromatic heterocycles. The summed E-state index contributed by atoms with van der Waals surface area (Å²) in [5.74, 6) is 0.259. The third-order valence-corrected chi connectivity index (χ3v) is 4.27. The maximum atomic E-state index is 12.2. The monoisotopic (exact) mass is 280 g/mol. The van der Waals surface area contributed by atoms with Crippen LogP contribution in [0.4, 0.5) is 11.5 Å². The summed E-state index contributed by atoms with van der Waals surface area (Å²) in [5, 5.41) is 6.52. The molecule has 2 rings (SSSR count). The number of aromatic amines is 1. The van der Waals surface area contributed by atoms with E-state index in [9.17, 15) is 8.42 Å². The molecule has 102 valence electrons. The molecule has 0 atom stereocenters. The van der Waals surface area contributed by atoms with Gasteiger partial charge in [-0.3, -0.25) is 9.82 Å². The Balaban J connectivity index is 2.40. The molecular weight excluding hydrogens is 264 g/mol. The third kappa shape index (κ3) is 2.70. The van der Waals surface area contributed by atoms with Crippen molar-refractivity contribution in [2.24, 2.45) is 0 Å². The Hall–Kier alpha value is -2.02. The number of nitrogens with one attached hydrogen (secondary N) is 2. The zero-order valence-electron chi connectivity index (χ0n) is 11.0. The van der Waals surface area contributed by atoms with Crippen molar-refractivity contribution in [1.29, 1.82) is 0 Å². The molecule has 0 saturated heterocycles. The summed E-state index contributed by atoms with van der Waals surface area (Å²) in [4.78, 5) is 0.133. The van der Waals surface area contributed by atoms with Gasteiger partial charge in [0.15, 0.2) is 5.82 Å². The smallest absolute Gasteiger partial charge is 0.263 e. The Labute approximate surface area is 112 Å². The average Bonchev–Trinajstić information content (AvgIpc) is 2.70. The van der Waals surface area contributed by atoms with E-state index in [1.54, 1.807) is 19.1 Å². The van der Waals surface area contributed by atoms with Gasteiger partial charge in [0, 0.05) is 17.4 Å². The van der Waals surface area contributed by atoms with Crippen LogP contribution in [0.15, 0.2) is 23.1 Å². The lowest BCUT2D eigenvalue weighted by molar-refractivity contribution is 0.601. The summed E-state index contributed by atoms with van der Waals surface area (Å²) in [5.41, 5.74) is 8.75. The number of hydrogen-bond donors (Lipinski definition) is 3. The highest BCUT2D eigenvalue weighted by atomic mass is 32.2. The van der Waals surface area contributed by atoms with Crippen molar-refractivity contribution in [3.05, 3.63) is 35.0 Å². The predicted molar refractivity (Wildman–Crippen MR) is 74.5 cm³/mol. The van der Waals surface area contributed by atoms with Crippen molar-refractivity contribution < 1.29 is 8.42 Å². The molecule has 19 heavy (non-hydrogen) atoms. The van der Waals surface area contributed by atoms with E-state index in [4.69, 9.17) is 5.73 Å². The maximum Gasteiger partial charge on any atom is 0.263 e. The molecule has 0 aliphatic heterocycles. The van der Waals surface area contributed by atoms with Crippen LogP contribution in [0.2, 0.25) is 0 Å². The molecule has 0 radical (unpaired) electrons. The molecule has 0 unspecified atom stereocenters. The van der Waals surface area contributed by atoms with E-state index in [1.165, 1.54) is 6.07 Å². The first kappa shape index (κ1) is 13.4. The highest BCUT2D eigenvalue weighted by Crippen LogP contribution is 2.23. The summed E-state index contributed by atoms with van der Waals surface area (Å²) in [6, 6.07) is 4.65. The number of aryl methyl sites for hydroxylation is 2. The van der Waals surface area contributed by atoms with Crippen LogP contribution < -0.4 is 10.5 Å². The van der Waals surface area contributed by atoms with E-state index in [2.05, 4.69) is 14.9 Å². The van der Waals surface area contributed by atoms with Gasteiger partial charge in [0.05, 0.1) is 4.90 Å². The van der Waals surface area contributed by atoms with Crippen molar-refractivity contribution in [3.8, 4) is 0 Å². The molecule has 0 spiro atoms. The van der Waals surface area contributed by atoms with Crippen LogP contribution in [0.25, 0.3) is 0 Å². The maximum absolute atomic E-state index is 12.2. The van der Waals surface area contributed by atoms with Crippen LogP contribution in [0, 0.1) is 20.8 Å². The van der Waals surface area contributed by atoms with Gasteiger partial charge < -0.3 is 5.73 Å². The second-order valence-corrected chi connectivity index (χ2v) is 6.18. The zero-order chi connectivity index (χ0) is 14.2. The highest BCUT2D eigenvalue weighted by molar-refractivity contribution is 7.92. The molecule has 0 bridgehead atoms. The Bertz CT molecular complexity index is 696. The van der Waals surface area contributed by atoms with Crippen molar-refractivity contribution in [2.45, 2.75) is 25.7 Å². The number of anilines is 2. The molecule has 6 nitrogen and oxygen atoms in total. The summed E-state index contributed by atoms with van der Waals surface area (Å²) < 4.78 is 26.8. The number of nitrogens with two attached hydrogens (primary N) is 1. The Morgan fingerprint density at radius 2 is 1.89 bits per heavy atom. The van der Waals surface area contributed by atoms with Gasteiger partial charge in [-0.1, -0.05) is 0 Å². The van der Waals surface area contributed by atoms with Gasteiger partial charge in [-0.15, -0.1) is 0 Å². The summed E-state index contributed by atoms with van der Waals surface area (Å²) >= 11 is 0. The zero-order valence-corrected chi connectivity index (χ0v) is 11.8. The predicted octanol–water partition coefficient (Wildman–Crippen LogP) is 1.72. The molecule has 0 saturated carbocycles. The molecule has 1 heterocycles. The Morgan fingerprint density at radius 1 is 1.21 bits per heavy atom. The van der Waals surface area contributed by atoms with E-state index < -0.39 is 10.0 Å². The number of benzene rings is 1. The molecule has 4 N–H and O–H groups in total. The first-order chi connectivity index (χ1) is 8.79. The lowest BCUT2D eigenvalue weighted by Gasteiger charge is -2.10. The standard InChI is InChI=1S/C12H16N4O2S/c1-7-4-10(6-11(13)9(7)3)19(17,18)16-12-5-8(2)14-15-12/h4-6H,13H2,1-3H3,(H2,14,15,16). The quantitative estimate of drug-likeness (QED) is 0.745. The molecule has 7 heteroatoms. The fraction of sp³-hybridized carbons (Fsp3) is 0.250. The van der Waals surface area contributed by atoms with Gasteiger partial charge in [-0.2, -0.15) is 5.10 Å². The van der Waals surface area contributed by atoms with Crippen molar-refractivity contribution in [1.82, 2.24) is 10.2 Å². The molecule has 1 aromatic carbocycles. The van der Waals surface area contributed by atoms with Gasteiger partial charge in [-0.25, -0.2) is 8.42 Å². The number of aromatic nitrogens is 2.